The van der Waals surface area contributed by atoms with E-state index in [2.05, 4.69) is 20.1 Å². The van der Waals surface area contributed by atoms with Crippen LogP contribution in [0.1, 0.15) is 22.3 Å². The molecule has 2 aromatic carbocycles. The summed E-state index contributed by atoms with van der Waals surface area (Å²) in [6.07, 6.45) is 0.195. The molecular weight excluding hydrogens is 342 g/mol. The average molecular weight is 357 g/mol. The largest absolute Gasteiger partial charge is 0.357 e. The molecule has 0 unspecified atom stereocenters. The molecule has 128 valence electrons. The summed E-state index contributed by atoms with van der Waals surface area (Å²) in [5.41, 5.74) is 2.52. The fourth-order valence-electron chi connectivity index (χ4n) is 2.82. The van der Waals surface area contributed by atoms with E-state index in [1.807, 2.05) is 24.3 Å². The van der Waals surface area contributed by atoms with Crippen LogP contribution in [0.5, 0.6) is 0 Å². The Labute approximate surface area is 143 Å². The van der Waals surface area contributed by atoms with E-state index in [4.69, 9.17) is 0 Å². The fraction of sp³-hybridized carbons (Fsp3) is 0.125. The maximum absolute atomic E-state index is 12.8. The minimum Gasteiger partial charge on any atom is -0.357 e. The van der Waals surface area contributed by atoms with Crippen molar-refractivity contribution in [1.82, 2.24) is 19.8 Å². The van der Waals surface area contributed by atoms with Crippen LogP contribution < -0.4 is 10.1 Å². The Morgan fingerprint density at radius 1 is 1.12 bits per heavy atom. The summed E-state index contributed by atoms with van der Waals surface area (Å²) in [4.78, 5) is 22.7. The molecule has 1 aromatic heterocycles. The fourth-order valence-corrected chi connectivity index (χ4v) is 3.37. The number of fused-ring (bicyclic) bond motifs is 2. The van der Waals surface area contributed by atoms with Crippen LogP contribution in [0.2, 0.25) is 0 Å². The Hall–Kier alpha value is -2.91. The molecule has 1 aliphatic heterocycles. The lowest BCUT2D eigenvalue weighted by Crippen LogP contribution is -2.52. The van der Waals surface area contributed by atoms with Crippen molar-refractivity contribution in [2.24, 2.45) is 0 Å². The van der Waals surface area contributed by atoms with Gasteiger partial charge in [0.15, 0.2) is 12.0 Å². The van der Waals surface area contributed by atoms with Crippen molar-refractivity contribution < 1.29 is 13.2 Å². The first-order valence-corrected chi connectivity index (χ1v) is 9.43. The zero-order valence-electron chi connectivity index (χ0n) is 13.2. The zero-order valence-corrected chi connectivity index (χ0v) is 14.0. The van der Waals surface area contributed by atoms with E-state index < -0.39 is 22.1 Å². The molecule has 0 aliphatic carbocycles. The number of hydrogen-bond donors (Lipinski definition) is 3. The second-order valence-corrected chi connectivity index (χ2v) is 7.50. The van der Waals surface area contributed by atoms with Gasteiger partial charge < -0.3 is 10.3 Å². The highest BCUT2D eigenvalue weighted by molar-refractivity contribution is 7.88. The number of nitrogens with zero attached hydrogens (tertiary/aromatic N) is 2. The number of anilines is 1. The molecule has 3 aromatic rings. The molecule has 0 radical (unpaired) electrons. The van der Waals surface area contributed by atoms with E-state index in [1.54, 1.807) is 24.3 Å². The maximum atomic E-state index is 12.8. The van der Waals surface area contributed by atoms with Crippen molar-refractivity contribution in [1.29, 1.82) is 0 Å². The van der Waals surface area contributed by atoms with Gasteiger partial charge in [-0.2, -0.15) is 0 Å². The first kappa shape index (κ1) is 15.6. The normalized spacial score (nSPS) is 17.4. The third kappa shape index (κ3) is 2.83. The summed E-state index contributed by atoms with van der Waals surface area (Å²) in [5.74, 6) is -0.0227. The zero-order chi connectivity index (χ0) is 17.6. The number of aromatic nitrogens is 2. The van der Waals surface area contributed by atoms with Crippen LogP contribution in [0, 0.1) is 0 Å². The topological polar surface area (TPSA) is 107 Å². The number of para-hydroxylation sites is 3. The minimum atomic E-state index is -3.66. The van der Waals surface area contributed by atoms with Gasteiger partial charge in [0, 0.05) is 5.69 Å². The predicted octanol–water partition coefficient (Wildman–Crippen LogP) is 1.59. The van der Waals surface area contributed by atoms with Gasteiger partial charge in [0.2, 0.25) is 10.0 Å². The van der Waals surface area contributed by atoms with Gasteiger partial charge in [-0.05, 0) is 24.3 Å². The number of hydrazine groups is 1. The standard InChI is InChI=1S/C16H15N5O3S/c1-25(23,24)20-21-15(14-17-12-8-4-5-9-13(12)18-14)19-11-7-3-2-6-10(11)16(21)22/h2-9,15,19-20H,1H3,(H,17,18)/t15-/m1/s1. The van der Waals surface area contributed by atoms with Gasteiger partial charge in [-0.1, -0.05) is 24.3 Å². The van der Waals surface area contributed by atoms with E-state index in [0.29, 0.717) is 17.1 Å². The minimum absolute atomic E-state index is 0.381. The van der Waals surface area contributed by atoms with E-state index in [1.165, 1.54) is 0 Å². The number of sulfonamides is 1. The summed E-state index contributed by atoms with van der Waals surface area (Å²) in [7, 11) is -3.66. The van der Waals surface area contributed by atoms with Crippen LogP contribution in [0.4, 0.5) is 5.69 Å². The quantitative estimate of drug-likeness (QED) is 0.660. The first-order chi connectivity index (χ1) is 11.9. The molecule has 25 heavy (non-hydrogen) atoms. The van der Waals surface area contributed by atoms with Crippen LogP contribution in [0.15, 0.2) is 48.5 Å². The molecular formula is C16H15N5O3S. The maximum Gasteiger partial charge on any atom is 0.273 e. The molecule has 0 spiro atoms. The molecule has 8 nitrogen and oxygen atoms in total. The first-order valence-electron chi connectivity index (χ1n) is 7.53. The molecule has 3 N–H and O–H groups in total. The van der Waals surface area contributed by atoms with Crippen molar-refractivity contribution in [3.8, 4) is 0 Å². The monoisotopic (exact) mass is 357 g/mol. The number of aromatic amines is 1. The summed E-state index contributed by atoms with van der Waals surface area (Å²) in [6.45, 7) is 0. The van der Waals surface area contributed by atoms with Crippen LogP contribution in [-0.4, -0.2) is 35.6 Å². The SMILES string of the molecule is CS(=O)(=O)NN1C(=O)c2ccccc2N[C@H]1c1nc2ccccc2[nH]1. The third-order valence-electron chi connectivity index (χ3n) is 3.86. The van der Waals surface area contributed by atoms with Crippen molar-refractivity contribution in [2.75, 3.05) is 11.6 Å². The van der Waals surface area contributed by atoms with Gasteiger partial charge in [0.25, 0.3) is 5.91 Å². The van der Waals surface area contributed by atoms with Crippen LogP contribution in [-0.2, 0) is 10.0 Å². The van der Waals surface area contributed by atoms with Gasteiger partial charge >= 0.3 is 0 Å². The van der Waals surface area contributed by atoms with Crippen LogP contribution in [0.25, 0.3) is 11.0 Å². The molecule has 2 heterocycles. The molecule has 0 saturated heterocycles. The number of carbonyl (C=O) groups excluding carboxylic acids is 1. The molecule has 1 atom stereocenters. The van der Waals surface area contributed by atoms with Gasteiger partial charge in [-0.15, -0.1) is 4.83 Å². The molecule has 0 saturated carbocycles. The lowest BCUT2D eigenvalue weighted by molar-refractivity contribution is 0.0626. The smallest absolute Gasteiger partial charge is 0.273 e. The summed E-state index contributed by atoms with van der Waals surface area (Å²) < 4.78 is 23.5. The van der Waals surface area contributed by atoms with Crippen LogP contribution in [0.3, 0.4) is 0 Å². The second-order valence-electron chi connectivity index (χ2n) is 5.77. The van der Waals surface area contributed by atoms with Gasteiger partial charge in [-0.3, -0.25) is 4.79 Å². The number of carbonyl (C=O) groups is 1. The number of benzene rings is 2. The number of H-pyrrole nitrogens is 1. The van der Waals surface area contributed by atoms with Gasteiger partial charge in [0.1, 0.15) is 0 Å². The van der Waals surface area contributed by atoms with Crippen molar-refractivity contribution in [3.05, 3.63) is 59.9 Å². The number of amides is 1. The molecule has 0 fully saturated rings. The number of nitrogens with one attached hydrogen (secondary N) is 3. The molecule has 1 aliphatic rings. The molecule has 4 rings (SSSR count). The van der Waals surface area contributed by atoms with Crippen molar-refractivity contribution in [3.63, 3.8) is 0 Å². The Kier molecular flexibility index (Phi) is 3.48. The Bertz CT molecular complexity index is 1040. The molecule has 0 bridgehead atoms. The van der Waals surface area contributed by atoms with E-state index in [-0.39, 0.29) is 0 Å². The summed E-state index contributed by atoms with van der Waals surface area (Å²) in [6, 6.07) is 14.3. The number of imidazole rings is 1. The van der Waals surface area contributed by atoms with Gasteiger partial charge in [-0.25, -0.2) is 18.4 Å². The van der Waals surface area contributed by atoms with Crippen molar-refractivity contribution in [2.45, 2.75) is 6.17 Å². The lowest BCUT2D eigenvalue weighted by atomic mass is 10.1. The van der Waals surface area contributed by atoms with Gasteiger partial charge in [0.05, 0.1) is 22.9 Å². The lowest BCUT2D eigenvalue weighted by Gasteiger charge is -2.35. The number of rotatable bonds is 3. The molecule has 1 amide bonds. The van der Waals surface area contributed by atoms with E-state index in [0.717, 1.165) is 22.3 Å². The van der Waals surface area contributed by atoms with E-state index >= 15 is 0 Å². The third-order valence-corrected chi connectivity index (χ3v) is 4.39. The highest BCUT2D eigenvalue weighted by atomic mass is 32.2. The van der Waals surface area contributed by atoms with Crippen LogP contribution >= 0.6 is 0 Å². The Balaban J connectivity index is 1.84. The second kappa shape index (κ2) is 5.57. The Morgan fingerprint density at radius 2 is 1.84 bits per heavy atom. The average Bonchev–Trinajstić information content (AvgIpc) is 3.00. The predicted molar refractivity (Wildman–Crippen MR) is 93.0 cm³/mol. The summed E-state index contributed by atoms with van der Waals surface area (Å²) in [5, 5.41) is 4.20. The number of hydrogen-bond acceptors (Lipinski definition) is 5. The summed E-state index contributed by atoms with van der Waals surface area (Å²) >= 11 is 0. The van der Waals surface area contributed by atoms with Crippen molar-refractivity contribution >= 4 is 32.7 Å². The highest BCUT2D eigenvalue weighted by Gasteiger charge is 2.36. The highest BCUT2D eigenvalue weighted by Crippen LogP contribution is 2.31. The van der Waals surface area contributed by atoms with E-state index in [9.17, 15) is 13.2 Å². The molecule has 9 heteroatoms. The Morgan fingerprint density at radius 3 is 2.60 bits per heavy atom.